The first-order chi connectivity index (χ1) is 14.1. The molecule has 0 bridgehead atoms. The monoisotopic (exact) mass is 410 g/mol. The van der Waals surface area contributed by atoms with Gasteiger partial charge in [0.25, 0.3) is 5.91 Å². The fourth-order valence-corrected chi connectivity index (χ4v) is 2.49. The second-order valence-corrected chi connectivity index (χ2v) is 6.04. The van der Waals surface area contributed by atoms with Crippen molar-refractivity contribution in [2.45, 2.75) is 0 Å². The second-order valence-electron chi connectivity index (χ2n) is 5.64. The maximum atomic E-state index is 12.1. The van der Waals surface area contributed by atoms with Gasteiger partial charge in [0.05, 0.1) is 20.3 Å². The molecule has 2 N–H and O–H groups in total. The highest BCUT2D eigenvalue weighted by atomic mass is 32.1. The van der Waals surface area contributed by atoms with Crippen LogP contribution in [0.3, 0.4) is 0 Å². The molecular weight excluding hydrogens is 392 g/mol. The zero-order chi connectivity index (χ0) is 20.6. The van der Waals surface area contributed by atoms with Crippen LogP contribution in [0.25, 0.3) is 0 Å². The SMILES string of the molecule is COc1cc(OC)nc(Oc2ccc(NC(=S)NC(=O)c3ccccc3)cc2)n1. The van der Waals surface area contributed by atoms with Crippen molar-refractivity contribution < 1.29 is 19.0 Å². The molecule has 2 aromatic carbocycles. The maximum Gasteiger partial charge on any atom is 0.328 e. The average molecular weight is 410 g/mol. The van der Waals surface area contributed by atoms with Gasteiger partial charge in [-0.3, -0.25) is 10.1 Å². The second kappa shape index (κ2) is 9.47. The number of methoxy groups -OCH3 is 2. The van der Waals surface area contributed by atoms with E-state index < -0.39 is 0 Å². The summed E-state index contributed by atoms with van der Waals surface area (Å²) in [5.41, 5.74) is 1.20. The molecule has 1 aromatic heterocycles. The average Bonchev–Trinajstić information content (AvgIpc) is 2.75. The van der Waals surface area contributed by atoms with Crippen LogP contribution in [0.5, 0.6) is 23.5 Å². The number of nitrogens with zero attached hydrogens (tertiary/aromatic N) is 2. The third-order valence-electron chi connectivity index (χ3n) is 3.66. The quantitative estimate of drug-likeness (QED) is 0.597. The van der Waals surface area contributed by atoms with Gasteiger partial charge in [-0.05, 0) is 48.6 Å². The summed E-state index contributed by atoms with van der Waals surface area (Å²) < 4.78 is 15.8. The maximum absolute atomic E-state index is 12.1. The number of carbonyl (C=O) groups is 1. The van der Waals surface area contributed by atoms with Gasteiger partial charge in [0.15, 0.2) is 5.11 Å². The van der Waals surface area contributed by atoms with Crippen LogP contribution in [-0.4, -0.2) is 35.2 Å². The number of hydrogen-bond acceptors (Lipinski definition) is 7. The Bertz CT molecular complexity index is 975. The number of thiocarbonyl (C=S) groups is 1. The standard InChI is InChI=1S/C20H18N4O4S/c1-26-16-12-17(27-2)23-19(22-16)28-15-10-8-14(9-11-15)21-20(29)24-18(25)13-6-4-3-5-7-13/h3-12H,1-2H3,(H2,21,24,25,29). The van der Waals surface area contributed by atoms with Crippen LogP contribution in [0.4, 0.5) is 5.69 Å². The first-order valence-corrected chi connectivity index (χ1v) is 8.90. The van der Waals surface area contributed by atoms with Crippen LogP contribution < -0.4 is 24.8 Å². The Morgan fingerprint density at radius 2 is 1.55 bits per heavy atom. The van der Waals surface area contributed by atoms with Gasteiger partial charge < -0.3 is 19.5 Å². The number of benzene rings is 2. The highest BCUT2D eigenvalue weighted by molar-refractivity contribution is 7.80. The lowest BCUT2D eigenvalue weighted by Gasteiger charge is -2.11. The van der Waals surface area contributed by atoms with Crippen molar-refractivity contribution in [3.05, 3.63) is 66.2 Å². The van der Waals surface area contributed by atoms with E-state index in [-0.39, 0.29) is 17.0 Å². The number of nitrogens with one attached hydrogen (secondary N) is 2. The van der Waals surface area contributed by atoms with Crippen LogP contribution in [0.1, 0.15) is 10.4 Å². The van der Waals surface area contributed by atoms with Crippen LogP contribution in [0.2, 0.25) is 0 Å². The molecule has 148 valence electrons. The van der Waals surface area contributed by atoms with Crippen LogP contribution >= 0.6 is 12.2 Å². The highest BCUT2D eigenvalue weighted by Crippen LogP contribution is 2.24. The molecule has 1 heterocycles. The Morgan fingerprint density at radius 3 is 2.14 bits per heavy atom. The van der Waals surface area contributed by atoms with Gasteiger partial charge in [-0.15, -0.1) is 0 Å². The normalized spacial score (nSPS) is 10.0. The summed E-state index contributed by atoms with van der Waals surface area (Å²) in [5, 5.41) is 5.76. The van der Waals surface area contributed by atoms with E-state index in [1.165, 1.54) is 14.2 Å². The van der Waals surface area contributed by atoms with Crippen molar-refractivity contribution in [1.82, 2.24) is 15.3 Å². The summed E-state index contributed by atoms with van der Waals surface area (Å²) in [6, 6.07) is 17.4. The number of ether oxygens (including phenoxy) is 3. The number of rotatable bonds is 6. The van der Waals surface area contributed by atoms with Crippen LogP contribution in [0, 0.1) is 0 Å². The number of hydrogen-bond donors (Lipinski definition) is 2. The Morgan fingerprint density at radius 1 is 0.931 bits per heavy atom. The Kier molecular flexibility index (Phi) is 6.54. The lowest BCUT2D eigenvalue weighted by Crippen LogP contribution is -2.34. The number of aromatic nitrogens is 2. The fourth-order valence-electron chi connectivity index (χ4n) is 2.28. The van der Waals surface area contributed by atoms with Crippen molar-refractivity contribution in [1.29, 1.82) is 0 Å². The molecule has 0 aliphatic carbocycles. The third-order valence-corrected chi connectivity index (χ3v) is 3.87. The number of amides is 1. The van der Waals surface area contributed by atoms with Gasteiger partial charge in [-0.2, -0.15) is 9.97 Å². The van der Waals surface area contributed by atoms with Crippen molar-refractivity contribution in [2.75, 3.05) is 19.5 Å². The summed E-state index contributed by atoms with van der Waals surface area (Å²) in [6.07, 6.45) is 0. The summed E-state index contributed by atoms with van der Waals surface area (Å²) >= 11 is 5.18. The Hall–Kier alpha value is -3.72. The topological polar surface area (TPSA) is 94.6 Å². The van der Waals surface area contributed by atoms with Gasteiger partial charge in [-0.25, -0.2) is 0 Å². The van der Waals surface area contributed by atoms with Crippen LogP contribution in [0.15, 0.2) is 60.7 Å². The molecule has 3 aromatic rings. The van der Waals surface area contributed by atoms with Gasteiger partial charge in [0.1, 0.15) is 5.75 Å². The van der Waals surface area contributed by atoms with Crippen molar-refractivity contribution in [3.63, 3.8) is 0 Å². The molecule has 0 aliphatic rings. The summed E-state index contributed by atoms with van der Waals surface area (Å²) in [4.78, 5) is 20.3. The zero-order valence-corrected chi connectivity index (χ0v) is 16.5. The minimum Gasteiger partial charge on any atom is -0.481 e. The van der Waals surface area contributed by atoms with E-state index in [2.05, 4.69) is 20.6 Å². The molecule has 3 rings (SSSR count). The minimum atomic E-state index is -0.285. The van der Waals surface area contributed by atoms with Crippen molar-refractivity contribution >= 4 is 28.9 Å². The van der Waals surface area contributed by atoms with E-state index in [9.17, 15) is 4.79 Å². The van der Waals surface area contributed by atoms with E-state index in [4.69, 9.17) is 26.4 Å². The zero-order valence-electron chi connectivity index (χ0n) is 15.7. The van der Waals surface area contributed by atoms with Gasteiger partial charge in [-0.1, -0.05) is 18.2 Å². The highest BCUT2D eigenvalue weighted by Gasteiger charge is 2.09. The summed E-state index contributed by atoms with van der Waals surface area (Å²) in [7, 11) is 2.98. The van der Waals surface area contributed by atoms with E-state index >= 15 is 0 Å². The lowest BCUT2D eigenvalue weighted by molar-refractivity contribution is 0.0977. The molecule has 9 heteroatoms. The van der Waals surface area contributed by atoms with E-state index in [1.54, 1.807) is 54.6 Å². The molecule has 0 radical (unpaired) electrons. The molecule has 0 atom stereocenters. The van der Waals surface area contributed by atoms with Gasteiger partial charge >= 0.3 is 6.01 Å². The molecule has 0 spiro atoms. The van der Waals surface area contributed by atoms with Crippen molar-refractivity contribution in [2.24, 2.45) is 0 Å². The van der Waals surface area contributed by atoms with Crippen molar-refractivity contribution in [3.8, 4) is 23.5 Å². The van der Waals surface area contributed by atoms with Crippen LogP contribution in [-0.2, 0) is 0 Å². The fraction of sp³-hybridized carbons (Fsp3) is 0.100. The smallest absolute Gasteiger partial charge is 0.328 e. The number of anilines is 1. The largest absolute Gasteiger partial charge is 0.481 e. The number of carbonyl (C=O) groups excluding carboxylic acids is 1. The predicted octanol–water partition coefficient (Wildman–Crippen LogP) is 3.41. The van der Waals surface area contributed by atoms with Gasteiger partial charge in [0, 0.05) is 11.3 Å². The first kappa shape index (κ1) is 20.0. The molecule has 0 unspecified atom stereocenters. The molecule has 0 saturated heterocycles. The summed E-state index contributed by atoms with van der Waals surface area (Å²) in [5.74, 6) is 0.867. The molecule has 8 nitrogen and oxygen atoms in total. The molecule has 0 saturated carbocycles. The Labute approximate surface area is 172 Å². The lowest BCUT2D eigenvalue weighted by atomic mass is 10.2. The third kappa shape index (κ3) is 5.63. The molecule has 0 fully saturated rings. The summed E-state index contributed by atoms with van der Waals surface area (Å²) in [6.45, 7) is 0. The first-order valence-electron chi connectivity index (χ1n) is 8.50. The predicted molar refractivity (Wildman–Crippen MR) is 112 cm³/mol. The van der Waals surface area contributed by atoms with E-state index in [1.807, 2.05) is 6.07 Å². The van der Waals surface area contributed by atoms with E-state index in [0.717, 1.165) is 0 Å². The van der Waals surface area contributed by atoms with E-state index in [0.29, 0.717) is 28.8 Å². The molecular formula is C20H18N4O4S. The molecule has 0 aliphatic heterocycles. The van der Waals surface area contributed by atoms with Gasteiger partial charge in [0.2, 0.25) is 11.8 Å². The molecule has 1 amide bonds. The Balaban J connectivity index is 1.60. The minimum absolute atomic E-state index is 0.0903. The molecule has 29 heavy (non-hydrogen) atoms.